The minimum atomic E-state index is -1.42. The van der Waals surface area contributed by atoms with Crippen molar-refractivity contribution in [2.24, 2.45) is 0 Å². The van der Waals surface area contributed by atoms with Gasteiger partial charge < -0.3 is 0 Å². The van der Waals surface area contributed by atoms with Crippen LogP contribution >= 0.6 is 27.3 Å². The van der Waals surface area contributed by atoms with Crippen LogP contribution in [0, 0.1) is 22.7 Å². The Kier molecular flexibility index (Phi) is 4.90. The Morgan fingerprint density at radius 3 is 2.38 bits per heavy atom. The molecule has 0 saturated heterocycles. The molecule has 0 fully saturated rings. The SMILES string of the molecule is N#CC(Br)(C#N)[C@@H](CC(=O)c1cccs1)c1ccccc1. The summed E-state index contributed by atoms with van der Waals surface area (Å²) in [5, 5.41) is 20.5. The number of hydrogen-bond donors (Lipinski definition) is 0. The number of thiophene rings is 1. The van der Waals surface area contributed by atoms with Gasteiger partial charge in [0, 0.05) is 12.3 Å². The van der Waals surface area contributed by atoms with Crippen LogP contribution in [0.2, 0.25) is 0 Å². The number of rotatable bonds is 5. The quantitative estimate of drug-likeness (QED) is 0.591. The molecule has 0 unspecified atom stereocenters. The van der Waals surface area contributed by atoms with Gasteiger partial charge in [0.15, 0.2) is 5.78 Å². The first-order valence-corrected chi connectivity index (χ1v) is 7.91. The van der Waals surface area contributed by atoms with Gasteiger partial charge in [0.05, 0.1) is 17.0 Å². The van der Waals surface area contributed by atoms with Gasteiger partial charge in [0.1, 0.15) is 0 Å². The van der Waals surface area contributed by atoms with Crippen LogP contribution in [0.4, 0.5) is 0 Å². The van der Waals surface area contributed by atoms with Gasteiger partial charge >= 0.3 is 0 Å². The number of nitrogens with zero attached hydrogens (tertiary/aromatic N) is 2. The molecule has 2 aromatic rings. The minimum Gasteiger partial charge on any atom is -0.293 e. The molecule has 3 nitrogen and oxygen atoms in total. The number of carbonyl (C=O) groups is 1. The van der Waals surface area contributed by atoms with E-state index in [1.807, 2.05) is 53.9 Å². The van der Waals surface area contributed by atoms with E-state index < -0.39 is 10.2 Å². The molecule has 5 heteroatoms. The van der Waals surface area contributed by atoms with Crippen molar-refractivity contribution in [1.29, 1.82) is 10.5 Å². The molecule has 0 aliphatic heterocycles. The molecule has 0 aliphatic rings. The number of hydrogen-bond acceptors (Lipinski definition) is 4. The third kappa shape index (κ3) is 3.39. The van der Waals surface area contributed by atoms with Crippen molar-refractivity contribution in [3.8, 4) is 12.1 Å². The van der Waals surface area contributed by atoms with Crippen LogP contribution in [0.15, 0.2) is 47.8 Å². The first-order chi connectivity index (χ1) is 10.1. The third-order valence-electron chi connectivity index (χ3n) is 3.19. The number of benzene rings is 1. The first-order valence-electron chi connectivity index (χ1n) is 6.24. The Labute approximate surface area is 135 Å². The molecule has 0 spiro atoms. The third-order valence-corrected chi connectivity index (χ3v) is 5.01. The summed E-state index contributed by atoms with van der Waals surface area (Å²) in [6.07, 6.45) is 0.108. The standard InChI is InChI=1S/C16H11BrN2OS/c17-16(10-18,11-19)13(12-5-2-1-3-6-12)9-14(20)15-7-4-8-21-15/h1-8,13H,9H2/t13-/m0/s1. The number of ketones is 1. The van der Waals surface area contributed by atoms with Crippen LogP contribution in [0.3, 0.4) is 0 Å². The Hall–Kier alpha value is -1.95. The normalized spacial score (nSPS) is 12.1. The average Bonchev–Trinajstić information content (AvgIpc) is 3.07. The number of nitriles is 2. The molecule has 1 atom stereocenters. The van der Waals surface area contributed by atoms with Gasteiger partial charge in [-0.05, 0) is 17.0 Å². The maximum absolute atomic E-state index is 12.3. The lowest BCUT2D eigenvalue weighted by Crippen LogP contribution is -2.28. The zero-order valence-corrected chi connectivity index (χ0v) is 13.4. The highest BCUT2D eigenvalue weighted by atomic mass is 79.9. The van der Waals surface area contributed by atoms with Gasteiger partial charge in [-0.2, -0.15) is 10.5 Å². The summed E-state index contributed by atoms with van der Waals surface area (Å²) in [5.74, 6) is -0.587. The molecule has 0 bridgehead atoms. The van der Waals surface area contributed by atoms with Crippen LogP contribution in [0.1, 0.15) is 27.6 Å². The zero-order chi connectivity index (χ0) is 15.3. The Balaban J connectivity index is 2.36. The van der Waals surface area contributed by atoms with Gasteiger partial charge in [-0.25, -0.2) is 0 Å². The van der Waals surface area contributed by atoms with Crippen LogP contribution in [-0.2, 0) is 0 Å². The zero-order valence-electron chi connectivity index (χ0n) is 11.0. The van der Waals surface area contributed by atoms with Crippen LogP contribution in [0.25, 0.3) is 0 Å². The largest absolute Gasteiger partial charge is 0.293 e. The van der Waals surface area contributed by atoms with E-state index in [-0.39, 0.29) is 12.2 Å². The molecule has 2 rings (SSSR count). The van der Waals surface area contributed by atoms with Crippen molar-refractivity contribution in [3.05, 3.63) is 58.3 Å². The second-order valence-electron chi connectivity index (χ2n) is 4.50. The molecule has 0 aliphatic carbocycles. The summed E-state index contributed by atoms with van der Waals surface area (Å²) in [7, 11) is 0. The lowest BCUT2D eigenvalue weighted by atomic mass is 9.83. The fourth-order valence-electron chi connectivity index (χ4n) is 2.08. The monoisotopic (exact) mass is 358 g/mol. The highest BCUT2D eigenvalue weighted by molar-refractivity contribution is 9.10. The molecule has 1 heterocycles. The maximum atomic E-state index is 12.3. The summed E-state index contributed by atoms with van der Waals surface area (Å²) in [6.45, 7) is 0. The molecule has 0 radical (unpaired) electrons. The van der Waals surface area contributed by atoms with Crippen molar-refractivity contribution >= 4 is 33.0 Å². The Bertz CT molecular complexity index is 684. The average molecular weight is 359 g/mol. The van der Waals surface area contributed by atoms with Crippen molar-refractivity contribution in [2.45, 2.75) is 16.7 Å². The lowest BCUT2D eigenvalue weighted by Gasteiger charge is -2.23. The smallest absolute Gasteiger partial charge is 0.204 e. The van der Waals surface area contributed by atoms with Crippen molar-refractivity contribution in [1.82, 2.24) is 0 Å². The molecule has 1 aromatic heterocycles. The summed E-state index contributed by atoms with van der Waals surface area (Å²) in [6, 6.07) is 16.7. The predicted octanol–water partition coefficient (Wildman–Crippen LogP) is 4.29. The number of carbonyl (C=O) groups excluding carboxylic acids is 1. The van der Waals surface area contributed by atoms with Gasteiger partial charge in [-0.3, -0.25) is 4.79 Å². The molecule has 0 N–H and O–H groups in total. The molecular weight excluding hydrogens is 348 g/mol. The summed E-state index contributed by atoms with van der Waals surface area (Å²) < 4.78 is -1.42. The summed E-state index contributed by atoms with van der Waals surface area (Å²) in [5.41, 5.74) is 0.794. The fourth-order valence-corrected chi connectivity index (χ4v) is 3.18. The lowest BCUT2D eigenvalue weighted by molar-refractivity contribution is 0.0976. The van der Waals surface area contributed by atoms with Gasteiger partial charge in [-0.1, -0.05) is 52.3 Å². The summed E-state index contributed by atoms with van der Waals surface area (Å²) >= 11 is 4.57. The molecular formula is C16H11BrN2OS. The van der Waals surface area contributed by atoms with E-state index in [0.717, 1.165) is 5.56 Å². The van der Waals surface area contributed by atoms with Crippen LogP contribution in [-0.4, -0.2) is 10.1 Å². The van der Waals surface area contributed by atoms with E-state index in [1.165, 1.54) is 11.3 Å². The van der Waals surface area contributed by atoms with E-state index >= 15 is 0 Å². The van der Waals surface area contributed by atoms with E-state index in [0.29, 0.717) is 4.88 Å². The molecule has 0 saturated carbocycles. The molecule has 0 amide bonds. The number of Topliss-reactive ketones (excluding diaryl/α,β-unsaturated/α-hetero) is 1. The highest BCUT2D eigenvalue weighted by Gasteiger charge is 2.39. The maximum Gasteiger partial charge on any atom is 0.204 e. The van der Waals surface area contributed by atoms with Gasteiger partial charge in [0.2, 0.25) is 4.32 Å². The van der Waals surface area contributed by atoms with E-state index in [1.54, 1.807) is 6.07 Å². The van der Waals surface area contributed by atoms with E-state index in [9.17, 15) is 15.3 Å². The fraction of sp³-hybridized carbons (Fsp3) is 0.188. The van der Waals surface area contributed by atoms with E-state index in [2.05, 4.69) is 15.9 Å². The number of halogens is 1. The molecule has 1 aromatic carbocycles. The Morgan fingerprint density at radius 1 is 1.19 bits per heavy atom. The van der Waals surface area contributed by atoms with Gasteiger partial charge in [0.25, 0.3) is 0 Å². The molecule has 21 heavy (non-hydrogen) atoms. The number of alkyl halides is 1. The topological polar surface area (TPSA) is 64.7 Å². The van der Waals surface area contributed by atoms with Crippen molar-refractivity contribution in [2.75, 3.05) is 0 Å². The highest BCUT2D eigenvalue weighted by Crippen LogP contribution is 2.38. The van der Waals surface area contributed by atoms with E-state index in [4.69, 9.17) is 0 Å². The second-order valence-corrected chi connectivity index (χ2v) is 6.70. The summed E-state index contributed by atoms with van der Waals surface area (Å²) in [4.78, 5) is 13.0. The minimum absolute atomic E-state index is 0.0619. The Morgan fingerprint density at radius 2 is 1.86 bits per heavy atom. The second kappa shape index (κ2) is 6.67. The van der Waals surface area contributed by atoms with Crippen molar-refractivity contribution < 1.29 is 4.79 Å². The van der Waals surface area contributed by atoms with Crippen LogP contribution in [0.5, 0.6) is 0 Å². The van der Waals surface area contributed by atoms with Gasteiger partial charge in [-0.15, -0.1) is 11.3 Å². The van der Waals surface area contributed by atoms with Crippen molar-refractivity contribution in [3.63, 3.8) is 0 Å². The van der Waals surface area contributed by atoms with Crippen LogP contribution < -0.4 is 0 Å². The first kappa shape index (κ1) is 15.4. The predicted molar refractivity (Wildman–Crippen MR) is 85.3 cm³/mol. The molecule has 104 valence electrons.